The SMILES string of the molecule is Cc1ccc(CCC(=O)NC(C)c2nc3ccccc3[nH]2)cc1. The van der Waals surface area contributed by atoms with E-state index in [4.69, 9.17) is 0 Å². The van der Waals surface area contributed by atoms with Crippen LogP contribution in [-0.4, -0.2) is 15.9 Å². The second-order valence-electron chi connectivity index (χ2n) is 5.91. The van der Waals surface area contributed by atoms with Crippen molar-refractivity contribution in [1.82, 2.24) is 15.3 Å². The fourth-order valence-corrected chi connectivity index (χ4v) is 2.57. The summed E-state index contributed by atoms with van der Waals surface area (Å²) < 4.78 is 0. The van der Waals surface area contributed by atoms with Gasteiger partial charge in [0.25, 0.3) is 0 Å². The summed E-state index contributed by atoms with van der Waals surface area (Å²) in [7, 11) is 0. The van der Waals surface area contributed by atoms with Gasteiger partial charge in [0.1, 0.15) is 5.82 Å². The molecule has 4 heteroatoms. The number of carbonyl (C=O) groups excluding carboxylic acids is 1. The molecular formula is C19H21N3O. The van der Waals surface area contributed by atoms with Gasteiger partial charge >= 0.3 is 0 Å². The second-order valence-corrected chi connectivity index (χ2v) is 5.91. The molecule has 0 aliphatic carbocycles. The maximum Gasteiger partial charge on any atom is 0.220 e. The average Bonchev–Trinajstić information content (AvgIpc) is 2.98. The van der Waals surface area contributed by atoms with Crippen LogP contribution in [0, 0.1) is 6.92 Å². The molecular weight excluding hydrogens is 286 g/mol. The van der Waals surface area contributed by atoms with E-state index in [0.29, 0.717) is 6.42 Å². The van der Waals surface area contributed by atoms with E-state index in [9.17, 15) is 4.79 Å². The maximum atomic E-state index is 12.1. The molecule has 3 aromatic rings. The van der Waals surface area contributed by atoms with Crippen LogP contribution in [0.25, 0.3) is 11.0 Å². The molecule has 0 saturated carbocycles. The van der Waals surface area contributed by atoms with Gasteiger partial charge in [-0.1, -0.05) is 42.0 Å². The van der Waals surface area contributed by atoms with Gasteiger partial charge in [0, 0.05) is 6.42 Å². The van der Waals surface area contributed by atoms with Crippen LogP contribution in [-0.2, 0) is 11.2 Å². The van der Waals surface area contributed by atoms with Crippen LogP contribution in [0.3, 0.4) is 0 Å². The van der Waals surface area contributed by atoms with E-state index in [1.54, 1.807) is 0 Å². The summed E-state index contributed by atoms with van der Waals surface area (Å²) in [6.07, 6.45) is 1.23. The number of amides is 1. The Labute approximate surface area is 136 Å². The highest BCUT2D eigenvalue weighted by Crippen LogP contribution is 2.15. The predicted octanol–water partition coefficient (Wildman–Crippen LogP) is 3.68. The lowest BCUT2D eigenvalue weighted by atomic mass is 10.1. The van der Waals surface area contributed by atoms with Crippen LogP contribution in [0.1, 0.15) is 36.3 Å². The third kappa shape index (κ3) is 3.77. The molecule has 1 aromatic heterocycles. The molecule has 118 valence electrons. The Bertz CT molecular complexity index is 772. The van der Waals surface area contributed by atoms with Crippen LogP contribution < -0.4 is 5.32 Å². The summed E-state index contributed by atoms with van der Waals surface area (Å²) in [6.45, 7) is 4.01. The zero-order valence-corrected chi connectivity index (χ0v) is 13.5. The summed E-state index contributed by atoms with van der Waals surface area (Å²) in [6, 6.07) is 16.0. The largest absolute Gasteiger partial charge is 0.346 e. The van der Waals surface area contributed by atoms with Crippen molar-refractivity contribution in [1.29, 1.82) is 0 Å². The first kappa shape index (κ1) is 15.3. The number of H-pyrrole nitrogens is 1. The van der Waals surface area contributed by atoms with Gasteiger partial charge in [-0.15, -0.1) is 0 Å². The number of aryl methyl sites for hydroxylation is 2. The molecule has 0 radical (unpaired) electrons. The summed E-state index contributed by atoms with van der Waals surface area (Å²) in [4.78, 5) is 19.9. The van der Waals surface area contributed by atoms with Gasteiger partial charge in [0.2, 0.25) is 5.91 Å². The van der Waals surface area contributed by atoms with Gasteiger partial charge in [0.15, 0.2) is 0 Å². The summed E-state index contributed by atoms with van der Waals surface area (Å²) in [5.41, 5.74) is 4.32. The quantitative estimate of drug-likeness (QED) is 0.755. The molecule has 1 atom stereocenters. The van der Waals surface area contributed by atoms with Gasteiger partial charge in [0.05, 0.1) is 17.1 Å². The number of aromatic amines is 1. The second kappa shape index (κ2) is 6.65. The Kier molecular flexibility index (Phi) is 4.42. The van der Waals surface area contributed by atoms with E-state index in [0.717, 1.165) is 23.3 Å². The standard InChI is InChI=1S/C19H21N3O/c1-13-7-9-15(10-8-13)11-12-18(23)20-14(2)19-21-16-5-3-4-6-17(16)22-19/h3-10,14H,11-12H2,1-2H3,(H,20,23)(H,21,22). The Morgan fingerprint density at radius 1 is 1.17 bits per heavy atom. The van der Waals surface area contributed by atoms with Crippen molar-refractivity contribution in [2.75, 3.05) is 0 Å². The number of carbonyl (C=O) groups is 1. The minimum absolute atomic E-state index is 0.0403. The summed E-state index contributed by atoms with van der Waals surface area (Å²) >= 11 is 0. The van der Waals surface area contributed by atoms with Gasteiger partial charge in [-0.3, -0.25) is 4.79 Å². The molecule has 1 unspecified atom stereocenters. The maximum absolute atomic E-state index is 12.1. The van der Waals surface area contributed by atoms with Gasteiger partial charge < -0.3 is 10.3 Å². The Morgan fingerprint density at radius 3 is 2.65 bits per heavy atom. The van der Waals surface area contributed by atoms with Gasteiger partial charge in [-0.2, -0.15) is 0 Å². The molecule has 0 aliphatic rings. The van der Waals surface area contributed by atoms with Crippen molar-refractivity contribution in [3.63, 3.8) is 0 Å². The number of aromatic nitrogens is 2. The fraction of sp³-hybridized carbons (Fsp3) is 0.263. The van der Waals surface area contributed by atoms with Crippen LogP contribution in [0.15, 0.2) is 48.5 Å². The number of benzene rings is 2. The zero-order chi connectivity index (χ0) is 16.2. The Balaban J connectivity index is 1.57. The lowest BCUT2D eigenvalue weighted by molar-refractivity contribution is -0.121. The number of fused-ring (bicyclic) bond motifs is 1. The molecule has 2 aromatic carbocycles. The molecule has 2 N–H and O–H groups in total. The van der Waals surface area contributed by atoms with E-state index in [1.165, 1.54) is 11.1 Å². The molecule has 0 aliphatic heterocycles. The van der Waals surface area contributed by atoms with Crippen LogP contribution in [0.5, 0.6) is 0 Å². The molecule has 4 nitrogen and oxygen atoms in total. The van der Waals surface area contributed by atoms with Crippen molar-refractivity contribution in [3.8, 4) is 0 Å². The number of imidazole rings is 1. The van der Waals surface area contributed by atoms with E-state index >= 15 is 0 Å². The fourth-order valence-electron chi connectivity index (χ4n) is 2.57. The molecule has 23 heavy (non-hydrogen) atoms. The molecule has 0 fully saturated rings. The molecule has 0 saturated heterocycles. The van der Waals surface area contributed by atoms with Gasteiger partial charge in [-0.05, 0) is 38.0 Å². The minimum Gasteiger partial charge on any atom is -0.346 e. The Morgan fingerprint density at radius 2 is 1.91 bits per heavy atom. The lowest BCUT2D eigenvalue weighted by Crippen LogP contribution is -2.27. The molecule has 0 spiro atoms. The number of nitrogens with zero attached hydrogens (tertiary/aromatic N) is 1. The smallest absolute Gasteiger partial charge is 0.220 e. The van der Waals surface area contributed by atoms with Crippen LogP contribution in [0.4, 0.5) is 0 Å². The number of hydrogen-bond acceptors (Lipinski definition) is 2. The molecule has 1 amide bonds. The highest BCUT2D eigenvalue weighted by molar-refractivity contribution is 5.77. The first-order valence-electron chi connectivity index (χ1n) is 7.91. The topological polar surface area (TPSA) is 57.8 Å². The van der Waals surface area contributed by atoms with Crippen molar-refractivity contribution in [2.24, 2.45) is 0 Å². The van der Waals surface area contributed by atoms with Crippen LogP contribution >= 0.6 is 0 Å². The summed E-state index contributed by atoms with van der Waals surface area (Å²) in [5.74, 6) is 0.827. The number of rotatable bonds is 5. The van der Waals surface area contributed by atoms with Gasteiger partial charge in [-0.25, -0.2) is 4.98 Å². The first-order chi connectivity index (χ1) is 11.1. The normalized spacial score (nSPS) is 12.3. The first-order valence-corrected chi connectivity index (χ1v) is 7.91. The molecule has 3 rings (SSSR count). The van der Waals surface area contributed by atoms with E-state index < -0.39 is 0 Å². The zero-order valence-electron chi connectivity index (χ0n) is 13.5. The monoisotopic (exact) mass is 307 g/mol. The third-order valence-electron chi connectivity index (χ3n) is 3.96. The van der Waals surface area contributed by atoms with Crippen molar-refractivity contribution >= 4 is 16.9 Å². The predicted molar refractivity (Wildman–Crippen MR) is 92.2 cm³/mol. The lowest BCUT2D eigenvalue weighted by Gasteiger charge is -2.11. The third-order valence-corrected chi connectivity index (χ3v) is 3.96. The number of para-hydroxylation sites is 2. The van der Waals surface area contributed by atoms with Crippen LogP contribution in [0.2, 0.25) is 0 Å². The minimum atomic E-state index is -0.132. The van der Waals surface area contributed by atoms with E-state index in [2.05, 4.69) is 46.5 Å². The molecule has 1 heterocycles. The summed E-state index contributed by atoms with van der Waals surface area (Å²) in [5, 5.41) is 3.01. The van der Waals surface area contributed by atoms with E-state index in [-0.39, 0.29) is 11.9 Å². The van der Waals surface area contributed by atoms with Crippen molar-refractivity contribution in [2.45, 2.75) is 32.7 Å². The highest BCUT2D eigenvalue weighted by Gasteiger charge is 2.13. The number of nitrogens with one attached hydrogen (secondary N) is 2. The van der Waals surface area contributed by atoms with E-state index in [1.807, 2.05) is 31.2 Å². The van der Waals surface area contributed by atoms with Crippen molar-refractivity contribution in [3.05, 3.63) is 65.5 Å². The Hall–Kier alpha value is -2.62. The highest BCUT2D eigenvalue weighted by atomic mass is 16.1. The number of hydrogen-bond donors (Lipinski definition) is 2. The molecule has 0 bridgehead atoms. The van der Waals surface area contributed by atoms with Crippen molar-refractivity contribution < 1.29 is 4.79 Å². The average molecular weight is 307 g/mol.